The van der Waals surface area contributed by atoms with Crippen molar-refractivity contribution in [2.75, 3.05) is 11.5 Å². The van der Waals surface area contributed by atoms with E-state index in [2.05, 4.69) is 5.10 Å². The topological polar surface area (TPSA) is 104 Å². The van der Waals surface area contributed by atoms with Crippen molar-refractivity contribution in [1.29, 1.82) is 0 Å². The summed E-state index contributed by atoms with van der Waals surface area (Å²) in [5.74, 6) is -1.15. The predicted molar refractivity (Wildman–Crippen MR) is 154 cm³/mol. The molecule has 1 aromatic heterocycles. The number of Topliss-reactive ketones (excluding diaryl/α,β-unsaturated/α-hetero) is 1. The van der Waals surface area contributed by atoms with Gasteiger partial charge in [-0.05, 0) is 72.5 Å². The van der Waals surface area contributed by atoms with Crippen molar-refractivity contribution in [2.45, 2.75) is 38.9 Å². The number of hydrogen-bond acceptors (Lipinski definition) is 6. The lowest BCUT2D eigenvalue weighted by molar-refractivity contribution is 0.103. The number of rotatable bonds is 10. The molecule has 4 aromatic rings. The number of anilines is 1. The number of nitrogen functional groups attached to an aromatic ring is 1. The van der Waals surface area contributed by atoms with E-state index in [1.165, 1.54) is 35.1 Å². The minimum Gasteiger partial charge on any atom is -0.454 e. The molecule has 2 N–H and O–H groups in total. The van der Waals surface area contributed by atoms with Crippen LogP contribution in [0.4, 0.5) is 14.6 Å². The van der Waals surface area contributed by atoms with Crippen LogP contribution in [0.15, 0.2) is 66.4 Å². The van der Waals surface area contributed by atoms with Crippen LogP contribution in [-0.2, 0) is 22.0 Å². The standard InChI is InChI=1S/C31H29F2N3O4S/c1-3-4-11-41(38,39)18-23-15-20-13-22(14-21(20)16-27(23)33)30(37)25-17-35-36(31(25)34)28-10-9-24(12-19(28)2)40-29-8-6-5-7-26(29)32/h5-10,12,14-17H,3-4,11,13,18,34H2,1-2H3. The zero-order chi connectivity index (χ0) is 29.3. The van der Waals surface area contributed by atoms with Crippen LogP contribution >= 0.6 is 0 Å². The summed E-state index contributed by atoms with van der Waals surface area (Å²) in [5.41, 5.74) is 9.63. The van der Waals surface area contributed by atoms with E-state index in [4.69, 9.17) is 10.5 Å². The van der Waals surface area contributed by atoms with Crippen LogP contribution in [0.2, 0.25) is 0 Å². The number of unbranched alkanes of at least 4 members (excludes halogenated alkanes) is 1. The Balaban J connectivity index is 1.34. The van der Waals surface area contributed by atoms with E-state index >= 15 is 0 Å². The summed E-state index contributed by atoms with van der Waals surface area (Å²) in [5, 5.41) is 4.33. The first-order valence-electron chi connectivity index (χ1n) is 13.2. The molecular formula is C31H29F2N3O4S. The van der Waals surface area contributed by atoms with Gasteiger partial charge in [0.1, 0.15) is 17.4 Å². The summed E-state index contributed by atoms with van der Waals surface area (Å²) in [4.78, 5) is 13.4. The van der Waals surface area contributed by atoms with Gasteiger partial charge in [-0.3, -0.25) is 4.79 Å². The van der Waals surface area contributed by atoms with Gasteiger partial charge in [-0.25, -0.2) is 21.9 Å². The Kier molecular flexibility index (Phi) is 7.77. The van der Waals surface area contributed by atoms with E-state index in [0.717, 1.165) is 12.0 Å². The van der Waals surface area contributed by atoms with Crippen molar-refractivity contribution in [2.24, 2.45) is 0 Å². The Bertz CT molecular complexity index is 1800. The summed E-state index contributed by atoms with van der Waals surface area (Å²) in [6.45, 7) is 3.71. The van der Waals surface area contributed by atoms with Gasteiger partial charge in [-0.2, -0.15) is 5.10 Å². The number of allylic oxidation sites excluding steroid dienone is 1. The first-order valence-corrected chi connectivity index (χ1v) is 15.0. The lowest BCUT2D eigenvalue weighted by Crippen LogP contribution is -2.11. The third kappa shape index (κ3) is 5.92. The quantitative estimate of drug-likeness (QED) is 0.220. The molecule has 212 valence electrons. The molecule has 3 aromatic carbocycles. The highest BCUT2D eigenvalue weighted by atomic mass is 32.2. The highest BCUT2D eigenvalue weighted by Crippen LogP contribution is 2.33. The highest BCUT2D eigenvalue weighted by Gasteiger charge is 2.26. The summed E-state index contributed by atoms with van der Waals surface area (Å²) in [6, 6.07) is 14.0. The fraction of sp³-hybridized carbons (Fsp3) is 0.226. The SMILES string of the molecule is CCCCS(=O)(=O)Cc1cc2c(cc1F)C=C(C(=O)c1cnn(-c3ccc(Oc4ccccc4F)cc3C)c1N)C2. The monoisotopic (exact) mass is 577 g/mol. The van der Waals surface area contributed by atoms with Gasteiger partial charge in [0.05, 0.1) is 29.0 Å². The zero-order valence-corrected chi connectivity index (χ0v) is 23.5. The van der Waals surface area contributed by atoms with E-state index in [0.29, 0.717) is 34.6 Å². The molecule has 0 bridgehead atoms. The minimum absolute atomic E-state index is 0.00603. The van der Waals surface area contributed by atoms with Crippen LogP contribution in [-0.4, -0.2) is 29.7 Å². The molecule has 10 heteroatoms. The summed E-state index contributed by atoms with van der Waals surface area (Å²) >= 11 is 0. The maximum Gasteiger partial charge on any atom is 0.194 e. The van der Waals surface area contributed by atoms with Crippen LogP contribution in [0.3, 0.4) is 0 Å². The number of para-hydroxylation sites is 1. The number of hydrogen-bond donors (Lipinski definition) is 1. The van der Waals surface area contributed by atoms with Gasteiger partial charge >= 0.3 is 0 Å². The molecule has 0 fully saturated rings. The average Bonchev–Trinajstić information content (AvgIpc) is 3.51. The second-order valence-electron chi connectivity index (χ2n) is 10.1. The molecule has 0 saturated heterocycles. The van der Waals surface area contributed by atoms with Crippen LogP contribution in [0, 0.1) is 18.6 Å². The van der Waals surface area contributed by atoms with E-state index in [-0.39, 0.29) is 46.4 Å². The molecule has 0 unspecified atom stereocenters. The fourth-order valence-corrected chi connectivity index (χ4v) is 6.39. The molecular weight excluding hydrogens is 548 g/mol. The van der Waals surface area contributed by atoms with Crippen molar-refractivity contribution in [3.05, 3.63) is 106 Å². The Morgan fingerprint density at radius 3 is 2.61 bits per heavy atom. The van der Waals surface area contributed by atoms with Gasteiger partial charge in [-0.1, -0.05) is 31.5 Å². The van der Waals surface area contributed by atoms with Crippen LogP contribution in [0.1, 0.15) is 52.4 Å². The smallest absolute Gasteiger partial charge is 0.194 e. The number of ketones is 1. The highest BCUT2D eigenvalue weighted by molar-refractivity contribution is 7.90. The predicted octanol–water partition coefficient (Wildman–Crippen LogP) is 6.37. The molecule has 1 aliphatic rings. The molecule has 0 radical (unpaired) electrons. The fourth-order valence-electron chi connectivity index (χ4n) is 4.83. The number of nitrogens with zero attached hydrogens (tertiary/aromatic N) is 2. The van der Waals surface area contributed by atoms with Gasteiger partial charge in [0.2, 0.25) is 0 Å². The van der Waals surface area contributed by atoms with Gasteiger partial charge in [0.25, 0.3) is 0 Å². The number of carbonyl (C=O) groups excluding carboxylic acids is 1. The molecule has 41 heavy (non-hydrogen) atoms. The summed E-state index contributed by atoms with van der Waals surface area (Å²) in [6.07, 6.45) is 4.47. The van der Waals surface area contributed by atoms with Crippen molar-refractivity contribution >= 4 is 27.5 Å². The van der Waals surface area contributed by atoms with Gasteiger partial charge < -0.3 is 10.5 Å². The van der Waals surface area contributed by atoms with Crippen molar-refractivity contribution in [3.63, 3.8) is 0 Å². The van der Waals surface area contributed by atoms with E-state index in [9.17, 15) is 22.0 Å². The number of carbonyl (C=O) groups is 1. The Morgan fingerprint density at radius 2 is 1.88 bits per heavy atom. The number of benzene rings is 3. The molecule has 1 aliphatic carbocycles. The third-order valence-corrected chi connectivity index (χ3v) is 8.67. The zero-order valence-electron chi connectivity index (χ0n) is 22.7. The third-order valence-electron chi connectivity index (χ3n) is 7.01. The summed E-state index contributed by atoms with van der Waals surface area (Å²) < 4.78 is 60.6. The number of fused-ring (bicyclic) bond motifs is 1. The van der Waals surface area contributed by atoms with Crippen molar-refractivity contribution < 1.29 is 26.7 Å². The number of sulfone groups is 1. The minimum atomic E-state index is -3.44. The van der Waals surface area contributed by atoms with Crippen LogP contribution in [0.25, 0.3) is 11.8 Å². The lowest BCUT2D eigenvalue weighted by Gasteiger charge is -2.12. The van der Waals surface area contributed by atoms with E-state index < -0.39 is 21.5 Å². The van der Waals surface area contributed by atoms with Crippen molar-refractivity contribution in [1.82, 2.24) is 9.78 Å². The molecule has 0 atom stereocenters. The normalized spacial score (nSPS) is 12.7. The molecule has 5 rings (SSSR count). The molecule has 0 saturated carbocycles. The number of halogens is 2. The first kappa shape index (κ1) is 28.2. The first-order chi connectivity index (χ1) is 19.6. The number of nitrogens with two attached hydrogens (primary N) is 1. The summed E-state index contributed by atoms with van der Waals surface area (Å²) in [7, 11) is -3.44. The molecule has 1 heterocycles. The van der Waals surface area contributed by atoms with Gasteiger partial charge in [-0.15, -0.1) is 0 Å². The number of ether oxygens (including phenoxy) is 1. The molecule has 7 nitrogen and oxygen atoms in total. The van der Waals surface area contributed by atoms with Gasteiger partial charge in [0, 0.05) is 17.6 Å². The van der Waals surface area contributed by atoms with Crippen LogP contribution in [0.5, 0.6) is 11.5 Å². The Labute approximate surface area is 237 Å². The lowest BCUT2D eigenvalue weighted by atomic mass is 10.0. The van der Waals surface area contributed by atoms with Crippen molar-refractivity contribution in [3.8, 4) is 17.2 Å². The average molecular weight is 578 g/mol. The molecule has 0 aliphatic heterocycles. The Morgan fingerprint density at radius 1 is 1.10 bits per heavy atom. The largest absolute Gasteiger partial charge is 0.454 e. The van der Waals surface area contributed by atoms with Gasteiger partial charge in [0.15, 0.2) is 27.2 Å². The Hall–Kier alpha value is -4.31. The van der Waals surface area contributed by atoms with E-state index in [1.807, 2.05) is 13.8 Å². The maximum absolute atomic E-state index is 14.8. The second-order valence-corrected chi connectivity index (χ2v) is 12.3. The van der Waals surface area contributed by atoms with Crippen LogP contribution < -0.4 is 10.5 Å². The molecule has 0 amide bonds. The maximum atomic E-state index is 14.8. The number of aromatic nitrogens is 2. The van der Waals surface area contributed by atoms with E-state index in [1.54, 1.807) is 36.4 Å². The number of aryl methyl sites for hydroxylation is 1. The second kappa shape index (κ2) is 11.3. The molecule has 0 spiro atoms.